The third kappa shape index (κ3) is 7.29. The maximum Gasteiger partial charge on any atom is 0.247 e. The van der Waals surface area contributed by atoms with E-state index in [0.29, 0.717) is 36.1 Å². The highest BCUT2D eigenvalue weighted by Crippen LogP contribution is 2.33. The Morgan fingerprint density at radius 1 is 1.16 bits per heavy atom. The molecule has 32 heavy (non-hydrogen) atoms. The number of halogens is 1. The van der Waals surface area contributed by atoms with E-state index >= 15 is 0 Å². The van der Waals surface area contributed by atoms with Gasteiger partial charge in [0.2, 0.25) is 11.8 Å². The molecule has 1 aliphatic rings. The van der Waals surface area contributed by atoms with Crippen LogP contribution >= 0.6 is 11.6 Å². The fourth-order valence-electron chi connectivity index (χ4n) is 4.15. The van der Waals surface area contributed by atoms with Gasteiger partial charge < -0.3 is 19.7 Å². The molecule has 7 heteroatoms. The summed E-state index contributed by atoms with van der Waals surface area (Å²) in [5, 5.41) is 3.21. The molecule has 2 amide bonds. The quantitative estimate of drug-likeness (QED) is 0.436. The maximum absolute atomic E-state index is 13.6. The van der Waals surface area contributed by atoms with Crippen molar-refractivity contribution in [3.8, 4) is 11.5 Å². The minimum atomic E-state index is -0.763. The number of alkyl halides is 1. The molecule has 0 unspecified atom stereocenters. The highest BCUT2D eigenvalue weighted by Gasteiger charge is 2.33. The molecular formula is C25H39ClN2O4. The monoisotopic (exact) mass is 466 g/mol. The van der Waals surface area contributed by atoms with Gasteiger partial charge in [0.1, 0.15) is 11.9 Å². The Labute approximate surface area is 198 Å². The van der Waals surface area contributed by atoms with Crippen molar-refractivity contribution in [1.82, 2.24) is 10.2 Å². The zero-order valence-corrected chi connectivity index (χ0v) is 20.7. The summed E-state index contributed by atoms with van der Waals surface area (Å²) in [7, 11) is 1.58. The molecule has 6 nitrogen and oxygen atoms in total. The first-order valence-corrected chi connectivity index (χ1v) is 12.4. The predicted octanol–water partition coefficient (Wildman–Crippen LogP) is 5.09. The van der Waals surface area contributed by atoms with Crippen LogP contribution in [0.5, 0.6) is 11.5 Å². The highest BCUT2D eigenvalue weighted by atomic mass is 35.5. The third-order valence-electron chi connectivity index (χ3n) is 6.07. The molecule has 1 fully saturated rings. The van der Waals surface area contributed by atoms with E-state index in [-0.39, 0.29) is 23.7 Å². The number of benzene rings is 1. The molecule has 0 radical (unpaired) electrons. The number of nitrogens with zero attached hydrogens (tertiary/aromatic N) is 1. The number of amides is 2. The molecule has 0 aliphatic heterocycles. The second kappa shape index (κ2) is 13.6. The second-order valence-electron chi connectivity index (χ2n) is 8.70. The van der Waals surface area contributed by atoms with Crippen molar-refractivity contribution >= 4 is 23.4 Å². The first-order valence-electron chi connectivity index (χ1n) is 11.9. The van der Waals surface area contributed by atoms with E-state index in [1.807, 2.05) is 19.1 Å². The van der Waals surface area contributed by atoms with Gasteiger partial charge in [0.05, 0.1) is 13.7 Å². The van der Waals surface area contributed by atoms with Crippen molar-refractivity contribution in [2.75, 3.05) is 26.1 Å². The van der Waals surface area contributed by atoms with Gasteiger partial charge in [-0.1, -0.05) is 33.3 Å². The van der Waals surface area contributed by atoms with Crippen molar-refractivity contribution < 1.29 is 19.1 Å². The summed E-state index contributed by atoms with van der Waals surface area (Å²) in [4.78, 5) is 28.0. The van der Waals surface area contributed by atoms with E-state index in [1.165, 1.54) is 0 Å². The lowest BCUT2D eigenvalue weighted by Gasteiger charge is -2.34. The van der Waals surface area contributed by atoms with Crippen molar-refractivity contribution in [2.45, 2.75) is 77.8 Å². The van der Waals surface area contributed by atoms with Crippen molar-refractivity contribution in [2.24, 2.45) is 5.92 Å². The molecule has 1 atom stereocenters. The Hall–Kier alpha value is -1.95. The molecular weight excluding hydrogens is 428 g/mol. The van der Waals surface area contributed by atoms with Crippen molar-refractivity contribution in [1.29, 1.82) is 0 Å². The molecule has 0 bridgehead atoms. The van der Waals surface area contributed by atoms with Crippen LogP contribution in [0.1, 0.15) is 77.3 Å². The van der Waals surface area contributed by atoms with E-state index in [1.54, 1.807) is 18.1 Å². The van der Waals surface area contributed by atoms with Gasteiger partial charge in [-0.25, -0.2) is 0 Å². The number of ether oxygens (including phenoxy) is 2. The minimum Gasteiger partial charge on any atom is -0.493 e. The molecule has 2 rings (SSSR count). The SMILES string of the molecule is CCCCN(C(=O)CCl)[C@@H](C(=O)NC1CCC(C)CC1)c1ccc(OCCC)c(OC)c1. The number of unbranched alkanes of at least 4 members (excludes halogenated alkanes) is 1. The number of methoxy groups -OCH3 is 1. The van der Waals surface area contributed by atoms with E-state index in [0.717, 1.165) is 44.9 Å². The molecule has 1 aliphatic carbocycles. The van der Waals surface area contributed by atoms with Crippen LogP contribution in [-0.2, 0) is 9.59 Å². The summed E-state index contributed by atoms with van der Waals surface area (Å²) in [6.07, 6.45) is 6.72. The first-order chi connectivity index (χ1) is 15.4. The van der Waals surface area contributed by atoms with Crippen LogP contribution in [0.3, 0.4) is 0 Å². The fourth-order valence-corrected chi connectivity index (χ4v) is 4.30. The van der Waals surface area contributed by atoms with E-state index in [9.17, 15) is 9.59 Å². The fraction of sp³-hybridized carbons (Fsp3) is 0.680. The average Bonchev–Trinajstić information content (AvgIpc) is 2.81. The molecule has 0 saturated heterocycles. The normalized spacial score (nSPS) is 19.2. The number of carbonyl (C=O) groups excluding carboxylic acids is 2. The largest absolute Gasteiger partial charge is 0.493 e. The van der Waals surface area contributed by atoms with E-state index in [4.69, 9.17) is 21.1 Å². The van der Waals surface area contributed by atoms with Crippen LogP contribution in [0, 0.1) is 5.92 Å². The molecule has 180 valence electrons. The predicted molar refractivity (Wildman–Crippen MR) is 128 cm³/mol. The smallest absolute Gasteiger partial charge is 0.247 e. The summed E-state index contributed by atoms with van der Waals surface area (Å²) in [5.74, 6) is 1.30. The van der Waals surface area contributed by atoms with Crippen LogP contribution in [-0.4, -0.2) is 48.9 Å². The zero-order valence-electron chi connectivity index (χ0n) is 20.0. The lowest BCUT2D eigenvalue weighted by atomic mass is 9.87. The average molecular weight is 467 g/mol. The summed E-state index contributed by atoms with van der Waals surface area (Å²) in [6.45, 7) is 7.40. The van der Waals surface area contributed by atoms with Crippen molar-refractivity contribution in [3.63, 3.8) is 0 Å². The van der Waals surface area contributed by atoms with Crippen LogP contribution in [0.2, 0.25) is 0 Å². The van der Waals surface area contributed by atoms with Crippen LogP contribution in [0.4, 0.5) is 0 Å². The standard InChI is InChI=1S/C25H39ClN2O4/c1-5-7-14-28(23(29)17-26)24(25(30)27-20-11-8-18(3)9-12-20)19-10-13-21(32-15-6-2)22(16-19)31-4/h10,13,16,18,20,24H,5-9,11-12,14-15,17H2,1-4H3,(H,27,30)/t18?,20?,24-/m1/s1. The highest BCUT2D eigenvalue weighted by molar-refractivity contribution is 6.27. The number of hydrogen-bond acceptors (Lipinski definition) is 4. The molecule has 1 aromatic carbocycles. The van der Waals surface area contributed by atoms with Gasteiger partial charge in [0.15, 0.2) is 11.5 Å². The van der Waals surface area contributed by atoms with Gasteiger partial charge in [-0.2, -0.15) is 0 Å². The van der Waals surface area contributed by atoms with Gasteiger partial charge >= 0.3 is 0 Å². The summed E-state index contributed by atoms with van der Waals surface area (Å²) >= 11 is 5.94. The Bertz CT molecular complexity index is 735. The summed E-state index contributed by atoms with van der Waals surface area (Å²) in [5.41, 5.74) is 0.696. The Morgan fingerprint density at radius 3 is 2.47 bits per heavy atom. The molecule has 0 spiro atoms. The van der Waals surface area contributed by atoms with Gasteiger partial charge in [-0.05, 0) is 62.1 Å². The van der Waals surface area contributed by atoms with Gasteiger partial charge in [-0.3, -0.25) is 9.59 Å². The van der Waals surface area contributed by atoms with Crippen LogP contribution in [0.25, 0.3) is 0 Å². The second-order valence-corrected chi connectivity index (χ2v) is 8.97. The number of hydrogen-bond donors (Lipinski definition) is 1. The number of carbonyl (C=O) groups is 2. The topological polar surface area (TPSA) is 67.9 Å². The number of nitrogens with one attached hydrogen (secondary N) is 1. The van der Waals surface area contributed by atoms with E-state index < -0.39 is 6.04 Å². The first kappa shape index (κ1) is 26.3. The number of rotatable bonds is 12. The van der Waals surface area contributed by atoms with E-state index in [2.05, 4.69) is 19.2 Å². The lowest BCUT2D eigenvalue weighted by molar-refractivity contribution is -0.139. The van der Waals surface area contributed by atoms with Crippen molar-refractivity contribution in [3.05, 3.63) is 23.8 Å². The molecule has 1 N–H and O–H groups in total. The summed E-state index contributed by atoms with van der Waals surface area (Å²) in [6, 6.07) is 4.84. The molecule has 1 aromatic rings. The molecule has 1 saturated carbocycles. The third-order valence-corrected chi connectivity index (χ3v) is 6.30. The Kier molecular flexibility index (Phi) is 11.1. The van der Waals surface area contributed by atoms with Crippen LogP contribution in [0.15, 0.2) is 18.2 Å². The Balaban J connectivity index is 2.37. The van der Waals surface area contributed by atoms with Gasteiger partial charge in [0.25, 0.3) is 0 Å². The van der Waals surface area contributed by atoms with Gasteiger partial charge in [-0.15, -0.1) is 11.6 Å². The zero-order chi connectivity index (χ0) is 23.5. The van der Waals surface area contributed by atoms with Gasteiger partial charge in [0, 0.05) is 12.6 Å². The Morgan fingerprint density at radius 2 is 1.88 bits per heavy atom. The summed E-state index contributed by atoms with van der Waals surface area (Å²) < 4.78 is 11.3. The molecule has 0 heterocycles. The lowest BCUT2D eigenvalue weighted by Crippen LogP contribution is -2.48. The minimum absolute atomic E-state index is 0.134. The molecule has 0 aromatic heterocycles. The van der Waals surface area contributed by atoms with Crippen LogP contribution < -0.4 is 14.8 Å². The maximum atomic E-state index is 13.6.